The second-order valence-corrected chi connectivity index (χ2v) is 3.76. The average Bonchev–Trinajstić information content (AvgIpc) is 2.24. The Kier molecular flexibility index (Phi) is 4.79. The lowest BCUT2D eigenvalue weighted by Crippen LogP contribution is -2.19. The molecule has 2 nitrogen and oxygen atoms in total. The molecule has 0 aliphatic carbocycles. The van der Waals surface area contributed by atoms with Gasteiger partial charge in [-0.3, -0.25) is 4.79 Å². The van der Waals surface area contributed by atoms with Gasteiger partial charge in [0.2, 0.25) is 5.91 Å². The number of carbonyl (C=O) groups is 1. The standard InChI is InChI=1S/C12H13NOS/c1-10(14)13-9-5-7-11-6-3-4-8-12(11)15-2/h3-4,6,8H,9H2,1-2H3,(H,13,14). The van der Waals surface area contributed by atoms with Crippen LogP contribution in [0.15, 0.2) is 29.2 Å². The first kappa shape index (κ1) is 11.7. The summed E-state index contributed by atoms with van der Waals surface area (Å²) in [5.74, 6) is 5.89. The number of benzene rings is 1. The van der Waals surface area contributed by atoms with Crippen LogP contribution in [0.5, 0.6) is 0 Å². The summed E-state index contributed by atoms with van der Waals surface area (Å²) in [5, 5.41) is 2.63. The van der Waals surface area contributed by atoms with E-state index in [4.69, 9.17) is 0 Å². The highest BCUT2D eigenvalue weighted by Gasteiger charge is 1.94. The third-order valence-corrected chi connectivity index (χ3v) is 2.55. The molecule has 0 bridgehead atoms. The maximum absolute atomic E-state index is 10.6. The van der Waals surface area contributed by atoms with E-state index in [1.807, 2.05) is 30.5 Å². The summed E-state index contributed by atoms with van der Waals surface area (Å²) in [4.78, 5) is 11.8. The summed E-state index contributed by atoms with van der Waals surface area (Å²) in [7, 11) is 0. The Bertz CT molecular complexity index is 404. The first-order valence-electron chi connectivity index (χ1n) is 4.60. The van der Waals surface area contributed by atoms with E-state index in [2.05, 4.69) is 17.2 Å². The van der Waals surface area contributed by atoms with Crippen LogP contribution in [0.2, 0.25) is 0 Å². The Morgan fingerprint density at radius 2 is 2.20 bits per heavy atom. The predicted octanol–water partition coefficient (Wildman–Crippen LogP) is 1.90. The van der Waals surface area contributed by atoms with Crippen molar-refractivity contribution in [2.24, 2.45) is 0 Å². The zero-order chi connectivity index (χ0) is 11.1. The normalized spacial score (nSPS) is 8.93. The molecule has 0 saturated heterocycles. The number of rotatable bonds is 2. The van der Waals surface area contributed by atoms with Crippen molar-refractivity contribution in [1.29, 1.82) is 0 Å². The van der Waals surface area contributed by atoms with Gasteiger partial charge >= 0.3 is 0 Å². The van der Waals surface area contributed by atoms with E-state index in [0.29, 0.717) is 6.54 Å². The number of thioether (sulfide) groups is 1. The van der Waals surface area contributed by atoms with Gasteiger partial charge in [-0.25, -0.2) is 0 Å². The largest absolute Gasteiger partial charge is 0.345 e. The van der Waals surface area contributed by atoms with Crippen LogP contribution in [0.25, 0.3) is 0 Å². The zero-order valence-electron chi connectivity index (χ0n) is 8.83. The molecule has 0 atom stereocenters. The van der Waals surface area contributed by atoms with E-state index < -0.39 is 0 Å². The fourth-order valence-corrected chi connectivity index (χ4v) is 1.61. The van der Waals surface area contributed by atoms with Crippen molar-refractivity contribution in [3.63, 3.8) is 0 Å². The van der Waals surface area contributed by atoms with Gasteiger partial charge in [0.05, 0.1) is 6.54 Å². The molecule has 1 rings (SSSR count). The minimum atomic E-state index is -0.0533. The molecule has 0 aromatic heterocycles. The quantitative estimate of drug-likeness (QED) is 0.608. The van der Waals surface area contributed by atoms with Crippen molar-refractivity contribution in [2.45, 2.75) is 11.8 Å². The Hall–Kier alpha value is -1.40. The first-order chi connectivity index (χ1) is 7.24. The lowest BCUT2D eigenvalue weighted by molar-refractivity contribution is -0.118. The van der Waals surface area contributed by atoms with Gasteiger partial charge in [-0.15, -0.1) is 11.8 Å². The first-order valence-corrected chi connectivity index (χ1v) is 5.83. The molecule has 0 unspecified atom stereocenters. The average molecular weight is 219 g/mol. The number of nitrogens with one attached hydrogen (secondary N) is 1. The molecular weight excluding hydrogens is 206 g/mol. The van der Waals surface area contributed by atoms with Crippen LogP contribution in [-0.4, -0.2) is 18.7 Å². The van der Waals surface area contributed by atoms with E-state index in [1.165, 1.54) is 6.92 Å². The molecule has 1 N–H and O–H groups in total. The van der Waals surface area contributed by atoms with Crippen LogP contribution in [-0.2, 0) is 4.79 Å². The third-order valence-electron chi connectivity index (χ3n) is 1.76. The highest BCUT2D eigenvalue weighted by atomic mass is 32.2. The van der Waals surface area contributed by atoms with E-state index in [9.17, 15) is 4.79 Å². The molecular formula is C12H13NOS. The third kappa shape index (κ3) is 4.09. The van der Waals surface area contributed by atoms with Gasteiger partial charge in [0.15, 0.2) is 0 Å². The Balaban J connectivity index is 2.66. The lowest BCUT2D eigenvalue weighted by atomic mass is 10.2. The van der Waals surface area contributed by atoms with Crippen LogP contribution < -0.4 is 5.32 Å². The summed E-state index contributed by atoms with van der Waals surface area (Å²) in [6, 6.07) is 7.96. The maximum Gasteiger partial charge on any atom is 0.217 e. The van der Waals surface area contributed by atoms with Crippen molar-refractivity contribution in [2.75, 3.05) is 12.8 Å². The molecule has 78 valence electrons. The minimum Gasteiger partial charge on any atom is -0.345 e. The maximum atomic E-state index is 10.6. The Labute approximate surface area is 94.5 Å². The fraction of sp³-hybridized carbons (Fsp3) is 0.250. The van der Waals surface area contributed by atoms with Crippen molar-refractivity contribution in [3.8, 4) is 11.8 Å². The van der Waals surface area contributed by atoms with Crippen LogP contribution in [0, 0.1) is 11.8 Å². The van der Waals surface area contributed by atoms with Gasteiger partial charge in [0.25, 0.3) is 0 Å². The van der Waals surface area contributed by atoms with Gasteiger partial charge in [-0.05, 0) is 18.4 Å². The summed E-state index contributed by atoms with van der Waals surface area (Å²) in [6.07, 6.45) is 2.02. The van der Waals surface area contributed by atoms with E-state index in [-0.39, 0.29) is 5.91 Å². The van der Waals surface area contributed by atoms with Gasteiger partial charge in [0.1, 0.15) is 0 Å². The lowest BCUT2D eigenvalue weighted by Gasteiger charge is -1.98. The van der Waals surface area contributed by atoms with Crippen LogP contribution in [0.1, 0.15) is 12.5 Å². The molecule has 0 aliphatic rings. The van der Waals surface area contributed by atoms with E-state index in [0.717, 1.165) is 10.5 Å². The summed E-state index contributed by atoms with van der Waals surface area (Å²) in [5.41, 5.74) is 1.01. The number of hydrogen-bond donors (Lipinski definition) is 1. The zero-order valence-corrected chi connectivity index (χ0v) is 9.65. The molecule has 0 fully saturated rings. The minimum absolute atomic E-state index is 0.0533. The van der Waals surface area contributed by atoms with Crippen molar-refractivity contribution in [3.05, 3.63) is 29.8 Å². The molecule has 3 heteroatoms. The molecule has 1 aromatic carbocycles. The summed E-state index contributed by atoms with van der Waals surface area (Å²) >= 11 is 1.67. The van der Waals surface area contributed by atoms with E-state index in [1.54, 1.807) is 11.8 Å². The van der Waals surface area contributed by atoms with Crippen LogP contribution in [0.3, 0.4) is 0 Å². The number of hydrogen-bond acceptors (Lipinski definition) is 2. The highest BCUT2D eigenvalue weighted by molar-refractivity contribution is 7.98. The molecule has 0 heterocycles. The highest BCUT2D eigenvalue weighted by Crippen LogP contribution is 2.18. The Morgan fingerprint density at radius 3 is 2.87 bits per heavy atom. The topological polar surface area (TPSA) is 29.1 Å². The smallest absolute Gasteiger partial charge is 0.217 e. The van der Waals surface area contributed by atoms with Crippen molar-refractivity contribution in [1.82, 2.24) is 5.32 Å². The molecule has 15 heavy (non-hydrogen) atoms. The second kappa shape index (κ2) is 6.15. The summed E-state index contributed by atoms with van der Waals surface area (Å²) in [6.45, 7) is 1.88. The molecule has 1 aromatic rings. The van der Waals surface area contributed by atoms with Crippen molar-refractivity contribution >= 4 is 17.7 Å². The number of carbonyl (C=O) groups excluding carboxylic acids is 1. The van der Waals surface area contributed by atoms with Gasteiger partial charge in [-0.2, -0.15) is 0 Å². The van der Waals surface area contributed by atoms with Gasteiger partial charge < -0.3 is 5.32 Å². The van der Waals surface area contributed by atoms with Crippen LogP contribution in [0.4, 0.5) is 0 Å². The molecule has 0 saturated carbocycles. The predicted molar refractivity (Wildman–Crippen MR) is 63.8 cm³/mol. The monoisotopic (exact) mass is 219 g/mol. The van der Waals surface area contributed by atoms with Gasteiger partial charge in [-0.1, -0.05) is 24.0 Å². The summed E-state index contributed by atoms with van der Waals surface area (Å²) < 4.78 is 0. The van der Waals surface area contributed by atoms with E-state index >= 15 is 0 Å². The Morgan fingerprint density at radius 1 is 1.47 bits per heavy atom. The molecule has 0 spiro atoms. The van der Waals surface area contributed by atoms with Crippen LogP contribution >= 0.6 is 11.8 Å². The molecule has 1 amide bonds. The molecule has 0 aliphatic heterocycles. The SMILES string of the molecule is CSc1ccccc1C#CCNC(C)=O. The number of amides is 1. The van der Waals surface area contributed by atoms with Gasteiger partial charge in [0, 0.05) is 17.4 Å². The van der Waals surface area contributed by atoms with Crippen molar-refractivity contribution < 1.29 is 4.79 Å². The second-order valence-electron chi connectivity index (χ2n) is 2.91. The fourth-order valence-electron chi connectivity index (χ4n) is 1.06. The molecule has 0 radical (unpaired) electrons.